The van der Waals surface area contributed by atoms with Crippen molar-refractivity contribution in [3.63, 3.8) is 0 Å². The lowest BCUT2D eigenvalue weighted by atomic mass is 9.86. The Morgan fingerprint density at radius 2 is 2.07 bits per heavy atom. The van der Waals surface area contributed by atoms with E-state index in [4.69, 9.17) is 4.74 Å². The highest BCUT2D eigenvalue weighted by atomic mass is 16.6. The number of carbonyl (C=O) groups excluding carboxylic acids is 1. The van der Waals surface area contributed by atoms with E-state index in [0.29, 0.717) is 5.92 Å². The molecule has 3 nitrogen and oxygen atoms in total. The van der Waals surface area contributed by atoms with Crippen LogP contribution in [-0.2, 0) is 4.74 Å². The fourth-order valence-corrected chi connectivity index (χ4v) is 2.19. The van der Waals surface area contributed by atoms with Gasteiger partial charge in [0, 0.05) is 6.54 Å². The molecule has 3 aliphatic rings. The number of ether oxygens (including phenoxy) is 1. The number of fused-ring (bicyclic) bond motifs is 2. The lowest BCUT2D eigenvalue weighted by Crippen LogP contribution is -2.49. The van der Waals surface area contributed by atoms with Gasteiger partial charge in [-0.25, -0.2) is 4.79 Å². The van der Waals surface area contributed by atoms with Gasteiger partial charge in [-0.05, 0) is 39.5 Å². The number of piperidine rings is 1. The molecular formula is C12H19NO2. The smallest absolute Gasteiger partial charge is 0.410 e. The summed E-state index contributed by atoms with van der Waals surface area (Å²) in [6, 6.07) is 0.268. The summed E-state index contributed by atoms with van der Waals surface area (Å²) < 4.78 is 5.38. The summed E-state index contributed by atoms with van der Waals surface area (Å²) in [6.07, 6.45) is 6.50. The van der Waals surface area contributed by atoms with Gasteiger partial charge < -0.3 is 9.64 Å². The molecule has 3 heteroatoms. The van der Waals surface area contributed by atoms with Gasteiger partial charge in [-0.3, -0.25) is 0 Å². The van der Waals surface area contributed by atoms with Gasteiger partial charge in [0.05, 0.1) is 6.04 Å². The van der Waals surface area contributed by atoms with Crippen molar-refractivity contribution in [3.05, 3.63) is 12.2 Å². The largest absolute Gasteiger partial charge is 0.444 e. The Kier molecular flexibility index (Phi) is 2.49. The standard InChI is InChI=1S/C12H19NO2/c1-12(2,3)15-11(14)13-8-9-4-6-10(13)7-5-9/h4,6,9-10H,5,7-8H2,1-3H3/t9-,10+/m0/s1. The molecule has 2 atom stereocenters. The van der Waals surface area contributed by atoms with Crippen LogP contribution in [0.2, 0.25) is 0 Å². The first-order chi connectivity index (χ1) is 6.96. The lowest BCUT2D eigenvalue weighted by Gasteiger charge is -2.41. The van der Waals surface area contributed by atoms with E-state index in [-0.39, 0.29) is 12.1 Å². The van der Waals surface area contributed by atoms with Crippen molar-refractivity contribution in [3.8, 4) is 0 Å². The summed E-state index contributed by atoms with van der Waals surface area (Å²) in [5.74, 6) is 0.544. The zero-order valence-corrected chi connectivity index (χ0v) is 9.69. The third-order valence-corrected chi connectivity index (χ3v) is 2.90. The maximum atomic E-state index is 11.9. The highest BCUT2D eigenvalue weighted by molar-refractivity contribution is 5.69. The number of nitrogens with zero attached hydrogens (tertiary/aromatic N) is 1. The van der Waals surface area contributed by atoms with E-state index in [9.17, 15) is 4.79 Å². The molecule has 2 aliphatic heterocycles. The summed E-state index contributed by atoms with van der Waals surface area (Å²) in [6.45, 7) is 6.55. The second-order valence-electron chi connectivity index (χ2n) is 5.42. The van der Waals surface area contributed by atoms with Crippen LogP contribution in [0, 0.1) is 5.92 Å². The van der Waals surface area contributed by atoms with E-state index in [1.165, 1.54) is 6.42 Å². The van der Waals surface area contributed by atoms with Crippen LogP contribution in [0.1, 0.15) is 33.6 Å². The molecule has 0 aromatic rings. The van der Waals surface area contributed by atoms with Crippen LogP contribution in [0.3, 0.4) is 0 Å². The van der Waals surface area contributed by atoms with Gasteiger partial charge in [-0.2, -0.15) is 0 Å². The Bertz CT molecular complexity index is 290. The van der Waals surface area contributed by atoms with Crippen molar-refractivity contribution in [2.75, 3.05) is 6.54 Å². The SMILES string of the molecule is CC(C)(C)OC(=O)N1C[C@H]2C=C[C@@H]1CC2. The molecule has 15 heavy (non-hydrogen) atoms. The van der Waals surface area contributed by atoms with Crippen LogP contribution < -0.4 is 0 Å². The number of hydrogen-bond donors (Lipinski definition) is 0. The lowest BCUT2D eigenvalue weighted by molar-refractivity contribution is 0.00889. The molecule has 2 bridgehead atoms. The van der Waals surface area contributed by atoms with Crippen molar-refractivity contribution in [2.45, 2.75) is 45.3 Å². The summed E-state index contributed by atoms with van der Waals surface area (Å²) in [5.41, 5.74) is -0.391. The second-order valence-corrected chi connectivity index (χ2v) is 5.42. The maximum Gasteiger partial charge on any atom is 0.410 e. The summed E-state index contributed by atoms with van der Waals surface area (Å²) >= 11 is 0. The quantitative estimate of drug-likeness (QED) is 0.574. The summed E-state index contributed by atoms with van der Waals surface area (Å²) in [5, 5.41) is 0. The van der Waals surface area contributed by atoms with Crippen molar-refractivity contribution in [2.24, 2.45) is 5.92 Å². The predicted molar refractivity (Wildman–Crippen MR) is 58.6 cm³/mol. The Labute approximate surface area is 91.1 Å². The molecule has 0 aromatic carbocycles. The monoisotopic (exact) mass is 209 g/mol. The second kappa shape index (κ2) is 3.54. The van der Waals surface area contributed by atoms with Gasteiger partial charge in [0.25, 0.3) is 0 Å². The average molecular weight is 209 g/mol. The first-order valence-electron chi connectivity index (χ1n) is 5.64. The zero-order valence-electron chi connectivity index (χ0n) is 9.69. The van der Waals surface area contributed by atoms with Crippen LogP contribution in [0.25, 0.3) is 0 Å². The molecule has 0 unspecified atom stereocenters. The van der Waals surface area contributed by atoms with Crippen LogP contribution in [-0.4, -0.2) is 29.2 Å². The van der Waals surface area contributed by atoms with Gasteiger partial charge in [-0.15, -0.1) is 0 Å². The van der Waals surface area contributed by atoms with Crippen molar-refractivity contribution < 1.29 is 9.53 Å². The first-order valence-corrected chi connectivity index (χ1v) is 5.64. The number of amides is 1. The first kappa shape index (κ1) is 10.5. The molecule has 0 aromatic heterocycles. The van der Waals surface area contributed by atoms with E-state index < -0.39 is 5.60 Å². The van der Waals surface area contributed by atoms with Crippen molar-refractivity contribution in [1.29, 1.82) is 0 Å². The van der Waals surface area contributed by atoms with E-state index >= 15 is 0 Å². The predicted octanol–water partition coefficient (Wildman–Crippen LogP) is 2.57. The fraction of sp³-hybridized carbons (Fsp3) is 0.750. The average Bonchev–Trinajstić information content (AvgIpc) is 2.17. The molecule has 0 saturated carbocycles. The van der Waals surface area contributed by atoms with Gasteiger partial charge in [0.1, 0.15) is 5.60 Å². The third-order valence-electron chi connectivity index (χ3n) is 2.90. The van der Waals surface area contributed by atoms with Crippen molar-refractivity contribution in [1.82, 2.24) is 4.90 Å². The minimum atomic E-state index is -0.391. The topological polar surface area (TPSA) is 29.5 Å². The maximum absolute atomic E-state index is 11.9. The summed E-state index contributed by atoms with van der Waals surface area (Å²) in [7, 11) is 0. The summed E-state index contributed by atoms with van der Waals surface area (Å²) in [4.78, 5) is 13.7. The molecule has 0 spiro atoms. The van der Waals surface area contributed by atoms with Crippen LogP contribution in [0.4, 0.5) is 4.79 Å². The number of hydrogen-bond acceptors (Lipinski definition) is 2. The molecule has 1 amide bonds. The van der Waals surface area contributed by atoms with Gasteiger partial charge >= 0.3 is 6.09 Å². The van der Waals surface area contributed by atoms with Crippen LogP contribution in [0.5, 0.6) is 0 Å². The molecule has 84 valence electrons. The molecule has 1 saturated heterocycles. The third kappa shape index (κ3) is 2.33. The minimum absolute atomic E-state index is 0.165. The Hall–Kier alpha value is -0.990. The Morgan fingerprint density at radius 3 is 2.47 bits per heavy atom. The zero-order chi connectivity index (χ0) is 11.1. The van der Waals surface area contributed by atoms with Crippen LogP contribution >= 0.6 is 0 Å². The van der Waals surface area contributed by atoms with E-state index in [0.717, 1.165) is 13.0 Å². The van der Waals surface area contributed by atoms with E-state index in [1.807, 2.05) is 25.7 Å². The van der Waals surface area contributed by atoms with Gasteiger partial charge in [-0.1, -0.05) is 12.2 Å². The normalized spacial score (nSPS) is 29.4. The minimum Gasteiger partial charge on any atom is -0.444 e. The molecule has 3 rings (SSSR count). The highest BCUT2D eigenvalue weighted by Crippen LogP contribution is 2.30. The van der Waals surface area contributed by atoms with E-state index in [1.54, 1.807) is 0 Å². The molecular weight excluding hydrogens is 190 g/mol. The molecule has 2 heterocycles. The Balaban J connectivity index is 2.01. The molecule has 1 aliphatic carbocycles. The molecule has 1 fully saturated rings. The van der Waals surface area contributed by atoms with Crippen molar-refractivity contribution >= 4 is 6.09 Å². The number of carbonyl (C=O) groups is 1. The van der Waals surface area contributed by atoms with Gasteiger partial charge in [0.2, 0.25) is 0 Å². The fourth-order valence-electron chi connectivity index (χ4n) is 2.19. The molecule has 0 radical (unpaired) electrons. The van der Waals surface area contributed by atoms with Crippen LogP contribution in [0.15, 0.2) is 12.2 Å². The Morgan fingerprint density at radius 1 is 1.33 bits per heavy atom. The molecule has 0 N–H and O–H groups in total. The van der Waals surface area contributed by atoms with Gasteiger partial charge in [0.15, 0.2) is 0 Å². The number of rotatable bonds is 0. The van der Waals surface area contributed by atoms with E-state index in [2.05, 4.69) is 12.2 Å². The highest BCUT2D eigenvalue weighted by Gasteiger charge is 2.35.